The van der Waals surface area contributed by atoms with Gasteiger partial charge < -0.3 is 9.94 Å². The summed E-state index contributed by atoms with van der Waals surface area (Å²) in [5.41, 5.74) is -1.32. The topological polar surface area (TPSA) is 49.8 Å². The highest BCUT2D eigenvalue weighted by molar-refractivity contribution is 5.70. The fourth-order valence-corrected chi connectivity index (χ4v) is 2.65. The Hall–Kier alpha value is -0.820. The minimum absolute atomic E-state index is 0.288. The summed E-state index contributed by atoms with van der Waals surface area (Å²) in [5, 5.41) is 11.2. The predicted octanol–water partition coefficient (Wildman–Crippen LogP) is 2.89. The van der Waals surface area contributed by atoms with E-state index >= 15 is 0 Å². The van der Waals surface area contributed by atoms with Gasteiger partial charge in [0.25, 0.3) is 0 Å². The lowest BCUT2D eigenvalue weighted by molar-refractivity contribution is -0.260. The van der Waals surface area contributed by atoms with Gasteiger partial charge in [-0.25, -0.2) is 0 Å². The first-order chi connectivity index (χ1) is 8.33. The van der Waals surface area contributed by atoms with E-state index in [9.17, 15) is 23.2 Å². The van der Waals surface area contributed by atoms with Gasteiger partial charge in [0.05, 0.1) is 0 Å². The van der Waals surface area contributed by atoms with Crippen LogP contribution in [0.25, 0.3) is 0 Å². The molecule has 1 rings (SSSR count). The van der Waals surface area contributed by atoms with Gasteiger partial charge >= 0.3 is 12.1 Å². The number of rotatable bonds is 2. The number of carbonyl (C=O) groups is 1. The average Bonchev–Trinajstić information content (AvgIpc) is 2.09. The highest BCUT2D eigenvalue weighted by Gasteiger charge is 2.46. The van der Waals surface area contributed by atoms with Crippen molar-refractivity contribution in [1.29, 1.82) is 0 Å². The van der Waals surface area contributed by atoms with Crippen LogP contribution < -0.4 is 0 Å². The van der Waals surface area contributed by atoms with Gasteiger partial charge in [0, 0.05) is 23.9 Å². The SMILES string of the molecule is CC1(C)CC(OC(=O)CC(F)(F)F)CC(C)(C)N1O. The molecule has 1 saturated heterocycles. The van der Waals surface area contributed by atoms with Crippen LogP contribution in [0.5, 0.6) is 0 Å². The van der Waals surface area contributed by atoms with E-state index in [0.29, 0.717) is 0 Å². The van der Waals surface area contributed by atoms with Gasteiger partial charge in [-0.05, 0) is 27.7 Å². The highest BCUT2D eigenvalue weighted by Crippen LogP contribution is 2.38. The average molecular weight is 283 g/mol. The quantitative estimate of drug-likeness (QED) is 0.792. The lowest BCUT2D eigenvalue weighted by atomic mass is 9.80. The van der Waals surface area contributed by atoms with Crippen molar-refractivity contribution >= 4 is 5.97 Å². The fraction of sp³-hybridized carbons (Fsp3) is 0.917. The van der Waals surface area contributed by atoms with Crippen LogP contribution >= 0.6 is 0 Å². The van der Waals surface area contributed by atoms with Crippen molar-refractivity contribution in [2.45, 2.75) is 70.3 Å². The molecule has 1 N–H and O–H groups in total. The summed E-state index contributed by atoms with van der Waals surface area (Å²) < 4.78 is 41.1. The maximum absolute atomic E-state index is 12.1. The minimum Gasteiger partial charge on any atom is -0.462 e. The Balaban J connectivity index is 2.68. The molecule has 0 spiro atoms. The van der Waals surface area contributed by atoms with Crippen LogP contribution in [-0.2, 0) is 9.53 Å². The first kappa shape index (κ1) is 16.2. The number of ether oxygens (including phenoxy) is 1. The Morgan fingerprint density at radius 2 is 1.68 bits per heavy atom. The minimum atomic E-state index is -4.56. The predicted molar refractivity (Wildman–Crippen MR) is 61.6 cm³/mol. The van der Waals surface area contributed by atoms with E-state index < -0.39 is 35.7 Å². The van der Waals surface area contributed by atoms with E-state index in [1.807, 2.05) is 0 Å². The van der Waals surface area contributed by atoms with E-state index in [0.717, 1.165) is 0 Å². The van der Waals surface area contributed by atoms with Crippen LogP contribution in [0, 0.1) is 0 Å². The van der Waals surface area contributed by atoms with Gasteiger partial charge in [-0.1, -0.05) is 0 Å². The molecule has 4 nitrogen and oxygen atoms in total. The molecule has 0 radical (unpaired) electrons. The zero-order valence-electron chi connectivity index (χ0n) is 11.5. The van der Waals surface area contributed by atoms with Crippen LogP contribution in [0.2, 0.25) is 0 Å². The molecule has 1 heterocycles. The number of halogens is 3. The van der Waals surface area contributed by atoms with Gasteiger partial charge in [0.15, 0.2) is 0 Å². The summed E-state index contributed by atoms with van der Waals surface area (Å²) in [6.07, 6.45) is -6.18. The second-order valence-corrected chi connectivity index (χ2v) is 6.25. The first-order valence-electron chi connectivity index (χ1n) is 6.09. The third kappa shape index (κ3) is 4.35. The maximum Gasteiger partial charge on any atom is 0.399 e. The number of hydrogen-bond donors (Lipinski definition) is 1. The largest absolute Gasteiger partial charge is 0.462 e. The molecule has 112 valence electrons. The van der Waals surface area contributed by atoms with Crippen LogP contribution in [0.4, 0.5) is 13.2 Å². The molecular formula is C12H20F3NO3. The van der Waals surface area contributed by atoms with Gasteiger partial charge in [0.1, 0.15) is 12.5 Å². The second kappa shape index (κ2) is 4.94. The molecule has 0 aromatic heterocycles. The van der Waals surface area contributed by atoms with Crippen LogP contribution in [-0.4, -0.2) is 39.6 Å². The van der Waals surface area contributed by atoms with Crippen molar-refractivity contribution < 1.29 is 27.9 Å². The van der Waals surface area contributed by atoms with E-state index in [-0.39, 0.29) is 12.8 Å². The molecule has 0 aromatic rings. The van der Waals surface area contributed by atoms with E-state index in [1.54, 1.807) is 27.7 Å². The summed E-state index contributed by atoms with van der Waals surface area (Å²) in [7, 11) is 0. The van der Waals surface area contributed by atoms with Gasteiger partial charge in [-0.2, -0.15) is 18.2 Å². The smallest absolute Gasteiger partial charge is 0.399 e. The van der Waals surface area contributed by atoms with Crippen LogP contribution in [0.3, 0.4) is 0 Å². The standard InChI is InChI=1S/C12H20F3NO3/c1-10(2)5-8(6-11(3,4)16(10)18)19-9(17)7-12(13,14)15/h8,18H,5-7H2,1-4H3. The van der Waals surface area contributed by atoms with Crippen LogP contribution in [0.15, 0.2) is 0 Å². The Bertz CT molecular complexity index is 335. The van der Waals surface area contributed by atoms with Crippen molar-refractivity contribution in [2.24, 2.45) is 0 Å². The van der Waals surface area contributed by atoms with Gasteiger partial charge in [-0.15, -0.1) is 0 Å². The number of nitrogens with zero attached hydrogens (tertiary/aromatic N) is 1. The normalized spacial score (nSPS) is 24.2. The molecule has 1 fully saturated rings. The number of alkyl halides is 3. The number of hydrogen-bond acceptors (Lipinski definition) is 4. The lowest BCUT2D eigenvalue weighted by Gasteiger charge is -2.50. The van der Waals surface area contributed by atoms with Crippen molar-refractivity contribution in [3.05, 3.63) is 0 Å². The molecule has 0 amide bonds. The second-order valence-electron chi connectivity index (χ2n) is 6.25. The molecule has 0 aliphatic carbocycles. The third-order valence-electron chi connectivity index (χ3n) is 3.24. The Morgan fingerprint density at radius 3 is 2.05 bits per heavy atom. The molecule has 1 aliphatic heterocycles. The van der Waals surface area contributed by atoms with Crippen molar-refractivity contribution in [3.63, 3.8) is 0 Å². The maximum atomic E-state index is 12.1. The molecule has 0 saturated carbocycles. The number of hydroxylamine groups is 2. The molecule has 19 heavy (non-hydrogen) atoms. The zero-order chi connectivity index (χ0) is 15.1. The van der Waals surface area contributed by atoms with Crippen LogP contribution in [0.1, 0.15) is 47.0 Å². The summed E-state index contributed by atoms with van der Waals surface area (Å²) in [6.45, 7) is 6.99. The van der Waals surface area contributed by atoms with Gasteiger partial charge in [-0.3, -0.25) is 4.79 Å². The van der Waals surface area contributed by atoms with Gasteiger partial charge in [0.2, 0.25) is 0 Å². The Labute approximate surface area is 110 Å². The summed E-state index contributed by atoms with van der Waals surface area (Å²) in [5.74, 6) is -1.27. The highest BCUT2D eigenvalue weighted by atomic mass is 19.4. The summed E-state index contributed by atoms with van der Waals surface area (Å²) in [6, 6.07) is 0. The van der Waals surface area contributed by atoms with E-state index in [4.69, 9.17) is 4.74 Å². The molecule has 0 atom stereocenters. The number of carbonyl (C=O) groups excluding carboxylic acids is 1. The Kier molecular flexibility index (Phi) is 4.22. The monoisotopic (exact) mass is 283 g/mol. The van der Waals surface area contributed by atoms with E-state index in [2.05, 4.69) is 0 Å². The molecule has 0 aromatic carbocycles. The van der Waals surface area contributed by atoms with Crippen molar-refractivity contribution in [1.82, 2.24) is 5.06 Å². The zero-order valence-corrected chi connectivity index (χ0v) is 11.5. The number of piperidine rings is 1. The summed E-state index contributed by atoms with van der Waals surface area (Å²) in [4.78, 5) is 11.2. The molecule has 7 heteroatoms. The van der Waals surface area contributed by atoms with Crippen molar-refractivity contribution in [3.8, 4) is 0 Å². The third-order valence-corrected chi connectivity index (χ3v) is 3.24. The van der Waals surface area contributed by atoms with Crippen molar-refractivity contribution in [2.75, 3.05) is 0 Å². The fourth-order valence-electron chi connectivity index (χ4n) is 2.65. The lowest BCUT2D eigenvalue weighted by Crippen LogP contribution is -2.60. The summed E-state index contributed by atoms with van der Waals surface area (Å²) >= 11 is 0. The Morgan fingerprint density at radius 1 is 1.26 bits per heavy atom. The molecule has 0 bridgehead atoms. The molecular weight excluding hydrogens is 263 g/mol. The first-order valence-corrected chi connectivity index (χ1v) is 6.09. The van der Waals surface area contributed by atoms with E-state index in [1.165, 1.54) is 5.06 Å². The molecule has 0 unspecified atom stereocenters. The molecule has 1 aliphatic rings. The number of esters is 1.